The normalized spacial score (nSPS) is 10.8. The first-order valence-electron chi connectivity index (χ1n) is 8.07. The molecule has 0 spiro atoms. The van der Waals surface area contributed by atoms with Gasteiger partial charge in [-0.25, -0.2) is 0 Å². The predicted molar refractivity (Wildman–Crippen MR) is 102 cm³/mol. The zero-order valence-electron chi connectivity index (χ0n) is 14.6. The topological polar surface area (TPSA) is 71.3 Å². The van der Waals surface area contributed by atoms with E-state index in [0.29, 0.717) is 34.4 Å². The van der Waals surface area contributed by atoms with Gasteiger partial charge in [0, 0.05) is 5.69 Å². The molecule has 26 heavy (non-hydrogen) atoms. The Labute approximate surface area is 157 Å². The number of nitrogens with one attached hydrogen (secondary N) is 1. The third kappa shape index (κ3) is 5.27. The van der Waals surface area contributed by atoms with Crippen molar-refractivity contribution in [3.05, 3.63) is 58.6 Å². The molecule has 0 bridgehead atoms. The number of rotatable bonds is 7. The van der Waals surface area contributed by atoms with Crippen molar-refractivity contribution in [3.63, 3.8) is 0 Å². The molecule has 2 aromatic carbocycles. The van der Waals surface area contributed by atoms with Crippen molar-refractivity contribution in [1.29, 1.82) is 5.26 Å². The summed E-state index contributed by atoms with van der Waals surface area (Å²) in [4.78, 5) is 12.3. The van der Waals surface area contributed by atoms with Crippen LogP contribution in [0.25, 0.3) is 6.08 Å². The molecule has 0 heterocycles. The second-order valence-corrected chi connectivity index (χ2v) is 5.80. The Bertz CT molecular complexity index is 839. The molecule has 0 fully saturated rings. The first kappa shape index (κ1) is 19.4. The molecule has 0 saturated heterocycles. The van der Waals surface area contributed by atoms with Crippen molar-refractivity contribution in [2.75, 3.05) is 19.0 Å². The van der Waals surface area contributed by atoms with E-state index in [1.165, 1.54) is 6.08 Å². The van der Waals surface area contributed by atoms with Gasteiger partial charge < -0.3 is 14.8 Å². The van der Waals surface area contributed by atoms with Crippen LogP contribution in [0, 0.1) is 11.3 Å². The number of hydrogen-bond acceptors (Lipinski definition) is 4. The van der Waals surface area contributed by atoms with Gasteiger partial charge in [0.15, 0.2) is 0 Å². The predicted octanol–water partition coefficient (Wildman–Crippen LogP) is 4.68. The fraction of sp³-hybridized carbons (Fsp3) is 0.200. The molecule has 2 rings (SSSR count). The minimum atomic E-state index is -0.500. The van der Waals surface area contributed by atoms with Crippen LogP contribution in [0.2, 0.25) is 5.02 Å². The van der Waals surface area contributed by atoms with Crippen LogP contribution in [0.4, 0.5) is 5.69 Å². The van der Waals surface area contributed by atoms with Gasteiger partial charge in [0.1, 0.15) is 23.1 Å². The lowest BCUT2D eigenvalue weighted by atomic mass is 10.1. The Kier molecular flexibility index (Phi) is 7.07. The Morgan fingerprint density at radius 1 is 1.27 bits per heavy atom. The summed E-state index contributed by atoms with van der Waals surface area (Å²) in [6.45, 7) is 2.58. The van der Waals surface area contributed by atoms with Crippen LogP contribution in [0.3, 0.4) is 0 Å². The number of carbonyl (C=O) groups is 1. The van der Waals surface area contributed by atoms with Crippen LogP contribution >= 0.6 is 11.6 Å². The van der Waals surface area contributed by atoms with Gasteiger partial charge in [-0.15, -0.1) is 0 Å². The SMILES string of the molecule is CCCOc1ccc(/C=C(\C#N)C(=O)Nc2ccc(OC)cc2)cc1Cl. The molecule has 2 aromatic rings. The standard InChI is InChI=1S/C20H19ClN2O3/c1-3-10-26-19-9-4-14(12-18(19)21)11-15(13-22)20(24)23-16-5-7-17(25-2)8-6-16/h4-9,11-12H,3,10H2,1-2H3,(H,23,24)/b15-11+. The quantitative estimate of drug-likeness (QED) is 0.567. The largest absolute Gasteiger partial charge is 0.497 e. The van der Waals surface area contributed by atoms with Gasteiger partial charge in [-0.3, -0.25) is 4.79 Å². The molecule has 0 saturated carbocycles. The lowest BCUT2D eigenvalue weighted by molar-refractivity contribution is -0.112. The third-order valence-electron chi connectivity index (χ3n) is 3.44. The Balaban J connectivity index is 2.14. The van der Waals surface area contributed by atoms with E-state index in [0.717, 1.165) is 6.42 Å². The molecule has 0 aliphatic carbocycles. The maximum Gasteiger partial charge on any atom is 0.266 e. The van der Waals surface area contributed by atoms with Gasteiger partial charge in [0.2, 0.25) is 0 Å². The lowest BCUT2D eigenvalue weighted by Crippen LogP contribution is -2.13. The number of methoxy groups -OCH3 is 1. The lowest BCUT2D eigenvalue weighted by Gasteiger charge is -2.08. The van der Waals surface area contributed by atoms with E-state index in [-0.39, 0.29) is 5.57 Å². The number of anilines is 1. The first-order chi connectivity index (χ1) is 12.6. The van der Waals surface area contributed by atoms with Crippen LogP contribution in [0.15, 0.2) is 48.0 Å². The van der Waals surface area contributed by atoms with E-state index in [9.17, 15) is 10.1 Å². The highest BCUT2D eigenvalue weighted by Gasteiger charge is 2.10. The van der Waals surface area contributed by atoms with Gasteiger partial charge in [-0.05, 0) is 54.5 Å². The number of amides is 1. The number of benzene rings is 2. The smallest absolute Gasteiger partial charge is 0.266 e. The monoisotopic (exact) mass is 370 g/mol. The molecule has 1 N–H and O–H groups in total. The summed E-state index contributed by atoms with van der Waals surface area (Å²) in [6.07, 6.45) is 2.36. The molecule has 134 valence electrons. The number of halogens is 1. The summed E-state index contributed by atoms with van der Waals surface area (Å²) in [6, 6.07) is 13.9. The highest BCUT2D eigenvalue weighted by atomic mass is 35.5. The van der Waals surface area contributed by atoms with Crippen LogP contribution in [0.5, 0.6) is 11.5 Å². The summed E-state index contributed by atoms with van der Waals surface area (Å²) in [5, 5.41) is 12.4. The molecular weight excluding hydrogens is 352 g/mol. The minimum absolute atomic E-state index is 0.0286. The number of nitriles is 1. The third-order valence-corrected chi connectivity index (χ3v) is 3.74. The van der Waals surface area contributed by atoms with Crippen LogP contribution in [-0.4, -0.2) is 19.6 Å². The van der Waals surface area contributed by atoms with Crippen molar-refractivity contribution in [1.82, 2.24) is 0 Å². The number of nitrogens with zero attached hydrogens (tertiary/aromatic N) is 1. The average Bonchev–Trinajstić information content (AvgIpc) is 2.66. The molecule has 0 aliphatic heterocycles. The van der Waals surface area contributed by atoms with Crippen LogP contribution in [0.1, 0.15) is 18.9 Å². The Hall–Kier alpha value is -2.97. The number of carbonyl (C=O) groups excluding carboxylic acids is 1. The van der Waals surface area contributed by atoms with E-state index < -0.39 is 5.91 Å². The van der Waals surface area contributed by atoms with Crippen molar-refractivity contribution < 1.29 is 14.3 Å². The van der Waals surface area contributed by atoms with Crippen molar-refractivity contribution >= 4 is 29.3 Å². The van der Waals surface area contributed by atoms with Gasteiger partial charge in [-0.2, -0.15) is 5.26 Å². The average molecular weight is 371 g/mol. The molecule has 1 amide bonds. The molecule has 5 nitrogen and oxygen atoms in total. The minimum Gasteiger partial charge on any atom is -0.497 e. The van der Waals surface area contributed by atoms with Crippen molar-refractivity contribution in [2.24, 2.45) is 0 Å². The molecule has 0 radical (unpaired) electrons. The summed E-state index contributed by atoms with van der Waals surface area (Å²) < 4.78 is 10.6. The van der Waals surface area contributed by atoms with E-state index in [1.807, 2.05) is 13.0 Å². The van der Waals surface area contributed by atoms with Gasteiger partial charge in [0.25, 0.3) is 5.91 Å². The summed E-state index contributed by atoms with van der Waals surface area (Å²) in [5.41, 5.74) is 1.18. The Morgan fingerprint density at radius 2 is 2.00 bits per heavy atom. The van der Waals surface area contributed by atoms with Gasteiger partial charge in [-0.1, -0.05) is 24.6 Å². The summed E-state index contributed by atoms with van der Waals surface area (Å²) in [5.74, 6) is 0.756. The number of hydrogen-bond donors (Lipinski definition) is 1. The Morgan fingerprint density at radius 3 is 2.58 bits per heavy atom. The van der Waals surface area contributed by atoms with Gasteiger partial charge in [0.05, 0.1) is 18.7 Å². The summed E-state index contributed by atoms with van der Waals surface area (Å²) in [7, 11) is 1.56. The maximum absolute atomic E-state index is 12.3. The second-order valence-electron chi connectivity index (χ2n) is 5.39. The maximum atomic E-state index is 12.3. The van der Waals surface area contributed by atoms with Gasteiger partial charge >= 0.3 is 0 Å². The fourth-order valence-corrected chi connectivity index (χ4v) is 2.37. The van der Waals surface area contributed by atoms with E-state index >= 15 is 0 Å². The summed E-state index contributed by atoms with van der Waals surface area (Å²) >= 11 is 6.18. The van der Waals surface area contributed by atoms with E-state index in [4.69, 9.17) is 21.1 Å². The van der Waals surface area contributed by atoms with Crippen LogP contribution in [-0.2, 0) is 4.79 Å². The highest BCUT2D eigenvalue weighted by molar-refractivity contribution is 6.32. The van der Waals surface area contributed by atoms with Crippen molar-refractivity contribution in [2.45, 2.75) is 13.3 Å². The first-order valence-corrected chi connectivity index (χ1v) is 8.44. The molecule has 0 atom stereocenters. The highest BCUT2D eigenvalue weighted by Crippen LogP contribution is 2.26. The molecule has 6 heteroatoms. The molecule has 0 unspecified atom stereocenters. The van der Waals surface area contributed by atoms with E-state index in [1.54, 1.807) is 49.6 Å². The van der Waals surface area contributed by atoms with Crippen LogP contribution < -0.4 is 14.8 Å². The van der Waals surface area contributed by atoms with Crippen molar-refractivity contribution in [3.8, 4) is 17.6 Å². The second kappa shape index (κ2) is 9.50. The molecule has 0 aliphatic rings. The zero-order valence-corrected chi connectivity index (χ0v) is 15.3. The molecule has 0 aromatic heterocycles. The molecular formula is C20H19ClN2O3. The zero-order chi connectivity index (χ0) is 18.9. The fourth-order valence-electron chi connectivity index (χ4n) is 2.12. The number of ether oxygens (including phenoxy) is 2. The van der Waals surface area contributed by atoms with E-state index in [2.05, 4.69) is 5.32 Å².